The summed E-state index contributed by atoms with van der Waals surface area (Å²) in [5.41, 5.74) is -0.628. The molecule has 1 aliphatic rings. The number of sulfone groups is 1. The molecule has 168 valence electrons. The Morgan fingerprint density at radius 3 is 2.59 bits per heavy atom. The van der Waals surface area contributed by atoms with E-state index in [1.807, 2.05) is 24.3 Å². The van der Waals surface area contributed by atoms with Crippen LogP contribution in [-0.2, 0) is 19.3 Å². The van der Waals surface area contributed by atoms with Crippen LogP contribution < -0.4 is 5.32 Å². The van der Waals surface area contributed by atoms with Crippen molar-refractivity contribution in [3.05, 3.63) is 77.9 Å². The zero-order chi connectivity index (χ0) is 22.7. The third-order valence-corrected chi connectivity index (χ3v) is 7.84. The minimum Gasteiger partial charge on any atom is -0.465 e. The van der Waals surface area contributed by atoms with Crippen molar-refractivity contribution in [3.8, 4) is 0 Å². The number of esters is 1. The van der Waals surface area contributed by atoms with Crippen molar-refractivity contribution < 1.29 is 22.7 Å². The Kier molecular flexibility index (Phi) is 6.85. The molecule has 0 aliphatic carbocycles. The maximum Gasteiger partial charge on any atom is 0.337 e. The third-order valence-electron chi connectivity index (χ3n) is 5.56. The molecule has 1 fully saturated rings. The van der Waals surface area contributed by atoms with Gasteiger partial charge in [-0.1, -0.05) is 42.5 Å². The maximum absolute atomic E-state index is 13.7. The first-order chi connectivity index (χ1) is 15.4. The lowest BCUT2D eigenvalue weighted by molar-refractivity contribution is 0.0599. The van der Waals surface area contributed by atoms with Crippen LogP contribution in [0.5, 0.6) is 0 Å². The van der Waals surface area contributed by atoms with E-state index in [0.29, 0.717) is 5.56 Å². The minimum atomic E-state index is -3.92. The van der Waals surface area contributed by atoms with E-state index in [-0.39, 0.29) is 28.4 Å². The molecule has 3 aromatic carbocycles. The topological polar surface area (TPSA) is 81.7 Å². The Hall–Kier alpha value is -2.39. The van der Waals surface area contributed by atoms with Gasteiger partial charge >= 0.3 is 5.97 Å². The quantitative estimate of drug-likeness (QED) is 0.403. The number of nitrogens with one attached hydrogen (secondary N) is 1. The summed E-state index contributed by atoms with van der Waals surface area (Å²) in [6, 6.07) is 19.0. The number of ether oxygens (including phenoxy) is 2. The van der Waals surface area contributed by atoms with Gasteiger partial charge in [0, 0.05) is 17.8 Å². The van der Waals surface area contributed by atoms with Gasteiger partial charge in [-0.15, -0.1) is 0 Å². The van der Waals surface area contributed by atoms with Crippen LogP contribution in [0.2, 0.25) is 0 Å². The Morgan fingerprint density at radius 1 is 1.09 bits per heavy atom. The smallest absolute Gasteiger partial charge is 0.337 e. The van der Waals surface area contributed by atoms with E-state index in [1.165, 1.54) is 13.2 Å². The van der Waals surface area contributed by atoms with E-state index in [0.717, 1.165) is 23.7 Å². The van der Waals surface area contributed by atoms with Crippen LogP contribution in [0.3, 0.4) is 0 Å². The molecule has 3 atom stereocenters. The second kappa shape index (κ2) is 9.62. The number of methoxy groups -OCH3 is 1. The van der Waals surface area contributed by atoms with Crippen molar-refractivity contribution >= 4 is 39.2 Å². The fourth-order valence-corrected chi connectivity index (χ4v) is 5.81. The molecular weight excluding hydrogens is 446 g/mol. The number of thiol groups is 1. The molecule has 6 nitrogen and oxygen atoms in total. The summed E-state index contributed by atoms with van der Waals surface area (Å²) in [5, 5.41) is 5.28. The molecule has 1 saturated heterocycles. The van der Waals surface area contributed by atoms with Crippen LogP contribution in [0.4, 0.5) is 0 Å². The van der Waals surface area contributed by atoms with Crippen molar-refractivity contribution in [1.29, 1.82) is 0 Å². The monoisotopic (exact) mass is 471 g/mol. The van der Waals surface area contributed by atoms with Crippen LogP contribution in [0.15, 0.2) is 71.6 Å². The van der Waals surface area contributed by atoms with Crippen molar-refractivity contribution in [1.82, 2.24) is 5.32 Å². The summed E-state index contributed by atoms with van der Waals surface area (Å²) >= 11 is 4.47. The molecule has 1 aliphatic heterocycles. The van der Waals surface area contributed by atoms with Gasteiger partial charge in [-0.05, 0) is 47.0 Å². The largest absolute Gasteiger partial charge is 0.465 e. The highest BCUT2D eigenvalue weighted by Crippen LogP contribution is 2.33. The van der Waals surface area contributed by atoms with Gasteiger partial charge in [-0.3, -0.25) is 0 Å². The van der Waals surface area contributed by atoms with E-state index < -0.39 is 21.2 Å². The first-order valence-corrected chi connectivity index (χ1v) is 12.4. The van der Waals surface area contributed by atoms with E-state index in [4.69, 9.17) is 9.47 Å². The fraction of sp³-hybridized carbons (Fsp3) is 0.292. The summed E-state index contributed by atoms with van der Waals surface area (Å²) < 4.78 is 38.3. The molecule has 0 amide bonds. The van der Waals surface area contributed by atoms with Crippen LogP contribution in [0.25, 0.3) is 10.8 Å². The van der Waals surface area contributed by atoms with Crippen molar-refractivity contribution in [2.75, 3.05) is 20.3 Å². The van der Waals surface area contributed by atoms with Crippen molar-refractivity contribution in [2.45, 2.75) is 28.0 Å². The van der Waals surface area contributed by atoms with Crippen LogP contribution in [-0.4, -0.2) is 45.9 Å². The van der Waals surface area contributed by atoms with Crippen molar-refractivity contribution in [2.24, 2.45) is 0 Å². The normalized spacial score (nSPS) is 19.7. The molecule has 1 heterocycles. The first kappa shape index (κ1) is 22.8. The number of rotatable bonds is 7. The van der Waals surface area contributed by atoms with Gasteiger partial charge in [-0.25, -0.2) is 13.2 Å². The fourth-order valence-electron chi connectivity index (χ4n) is 3.89. The molecule has 0 bridgehead atoms. The summed E-state index contributed by atoms with van der Waals surface area (Å²) in [6.45, 7) is 0.952. The number of hydrogen-bond acceptors (Lipinski definition) is 7. The van der Waals surface area contributed by atoms with Gasteiger partial charge in [0.25, 0.3) is 0 Å². The lowest BCUT2D eigenvalue weighted by Crippen LogP contribution is -2.29. The molecule has 8 heteroatoms. The summed E-state index contributed by atoms with van der Waals surface area (Å²) in [6.07, 6.45) is 0.786. The molecule has 1 N–H and O–H groups in total. The van der Waals surface area contributed by atoms with Gasteiger partial charge in [0.15, 0.2) is 5.44 Å². The molecule has 0 saturated carbocycles. The number of fused-ring (bicyclic) bond motifs is 1. The Balaban J connectivity index is 1.72. The lowest BCUT2D eigenvalue weighted by Gasteiger charge is -2.22. The van der Waals surface area contributed by atoms with Gasteiger partial charge < -0.3 is 14.8 Å². The Morgan fingerprint density at radius 2 is 1.88 bits per heavy atom. The SMILES string of the molecule is COC(=O)c1cccc(C(OC[C@@H]2C[C@H](S)CN2)S(=O)(=O)c2ccc3ccccc3c2)c1. The third kappa shape index (κ3) is 4.83. The number of carbonyl (C=O) groups is 1. The van der Waals surface area contributed by atoms with Gasteiger partial charge in [0.1, 0.15) is 0 Å². The molecule has 0 aromatic heterocycles. The highest BCUT2D eigenvalue weighted by Gasteiger charge is 2.33. The molecule has 0 radical (unpaired) electrons. The zero-order valence-corrected chi connectivity index (χ0v) is 19.3. The highest BCUT2D eigenvalue weighted by molar-refractivity contribution is 7.91. The highest BCUT2D eigenvalue weighted by atomic mass is 32.2. The number of benzene rings is 3. The second-order valence-electron chi connectivity index (χ2n) is 7.83. The molecule has 3 aromatic rings. The van der Waals surface area contributed by atoms with Crippen LogP contribution in [0.1, 0.15) is 27.8 Å². The van der Waals surface area contributed by atoms with Gasteiger partial charge in [0.05, 0.1) is 24.2 Å². The van der Waals surface area contributed by atoms with Crippen LogP contribution in [0, 0.1) is 0 Å². The maximum atomic E-state index is 13.7. The number of carbonyl (C=O) groups excluding carboxylic acids is 1. The summed E-state index contributed by atoms with van der Waals surface area (Å²) in [7, 11) is -2.64. The minimum absolute atomic E-state index is 0.00981. The van der Waals surface area contributed by atoms with E-state index in [9.17, 15) is 13.2 Å². The van der Waals surface area contributed by atoms with E-state index >= 15 is 0 Å². The predicted molar refractivity (Wildman–Crippen MR) is 127 cm³/mol. The summed E-state index contributed by atoms with van der Waals surface area (Å²) in [5.74, 6) is -0.538. The molecule has 4 rings (SSSR count). The first-order valence-electron chi connectivity index (χ1n) is 10.3. The molecule has 0 spiro atoms. The van der Waals surface area contributed by atoms with E-state index in [1.54, 1.807) is 36.4 Å². The summed E-state index contributed by atoms with van der Waals surface area (Å²) in [4.78, 5) is 12.2. The Labute approximate surface area is 193 Å². The van der Waals surface area contributed by atoms with Crippen LogP contribution >= 0.6 is 12.6 Å². The molecule has 1 unspecified atom stereocenters. The molecular formula is C24H25NO5S2. The zero-order valence-electron chi connectivity index (χ0n) is 17.6. The molecule has 32 heavy (non-hydrogen) atoms. The average molecular weight is 472 g/mol. The van der Waals surface area contributed by atoms with Gasteiger partial charge in [0.2, 0.25) is 9.84 Å². The Bertz CT molecular complexity index is 1230. The average Bonchev–Trinajstić information content (AvgIpc) is 3.23. The number of hydrogen-bond donors (Lipinski definition) is 2. The van der Waals surface area contributed by atoms with Gasteiger partial charge in [-0.2, -0.15) is 12.6 Å². The van der Waals surface area contributed by atoms with Crippen molar-refractivity contribution in [3.63, 3.8) is 0 Å². The predicted octanol–water partition coefficient (Wildman–Crippen LogP) is 3.78. The standard InChI is InChI=1S/C24H25NO5S2/c1-29-23(26)18-7-4-8-19(11-18)24(30-15-20-13-21(31)14-25-20)32(27,28)22-10-9-16-5-2-3-6-17(16)12-22/h2-12,20-21,24-25,31H,13-15H2,1H3/t20-,21-,24?/m0/s1. The lowest BCUT2D eigenvalue weighted by atomic mass is 10.1. The second-order valence-corrected chi connectivity index (χ2v) is 10.6. The van der Waals surface area contributed by atoms with E-state index in [2.05, 4.69) is 17.9 Å².